The number of halogens is 3. The van der Waals surface area contributed by atoms with Crippen LogP contribution < -0.4 is 4.90 Å². The van der Waals surface area contributed by atoms with Crippen molar-refractivity contribution in [2.24, 2.45) is 0 Å². The fourth-order valence-electron chi connectivity index (χ4n) is 1.40. The van der Waals surface area contributed by atoms with Crippen LogP contribution in [0.25, 0.3) is 0 Å². The molecule has 0 aromatic heterocycles. The molecule has 1 N–H and O–H groups in total. The SMILES string of the molecule is C[C@@H](O)c1ccc(N(C)CC(F)F)c(Cl)c1. The van der Waals surface area contributed by atoms with Gasteiger partial charge in [-0.3, -0.25) is 0 Å². The molecule has 16 heavy (non-hydrogen) atoms. The first kappa shape index (κ1) is 13.2. The molecule has 0 unspecified atom stereocenters. The van der Waals surface area contributed by atoms with Crippen molar-refractivity contribution in [2.75, 3.05) is 18.5 Å². The maximum absolute atomic E-state index is 12.2. The summed E-state index contributed by atoms with van der Waals surface area (Å²) in [6.07, 6.45) is -3.02. The Kier molecular flexibility index (Phi) is 4.50. The molecule has 90 valence electrons. The Balaban J connectivity index is 2.90. The van der Waals surface area contributed by atoms with Gasteiger partial charge in [-0.2, -0.15) is 0 Å². The van der Waals surface area contributed by atoms with Gasteiger partial charge in [0.25, 0.3) is 6.43 Å². The number of hydrogen-bond donors (Lipinski definition) is 1. The van der Waals surface area contributed by atoms with Gasteiger partial charge >= 0.3 is 0 Å². The van der Waals surface area contributed by atoms with Crippen molar-refractivity contribution in [3.05, 3.63) is 28.8 Å². The molecule has 0 spiro atoms. The lowest BCUT2D eigenvalue weighted by molar-refractivity contribution is 0.156. The quantitative estimate of drug-likeness (QED) is 0.886. The summed E-state index contributed by atoms with van der Waals surface area (Å²) < 4.78 is 24.4. The first-order valence-corrected chi connectivity index (χ1v) is 5.26. The van der Waals surface area contributed by atoms with Crippen molar-refractivity contribution in [1.29, 1.82) is 0 Å². The van der Waals surface area contributed by atoms with Crippen LogP contribution in [0.2, 0.25) is 5.02 Å². The summed E-state index contributed by atoms with van der Waals surface area (Å²) in [6, 6.07) is 4.89. The molecule has 0 saturated carbocycles. The second-order valence-electron chi connectivity index (χ2n) is 3.66. The van der Waals surface area contributed by atoms with Crippen LogP contribution in [0.15, 0.2) is 18.2 Å². The van der Waals surface area contributed by atoms with Crippen LogP contribution in [0.4, 0.5) is 14.5 Å². The third-order valence-corrected chi connectivity index (χ3v) is 2.58. The summed E-state index contributed by atoms with van der Waals surface area (Å²) in [5.74, 6) is 0. The molecule has 0 bridgehead atoms. The molecular weight excluding hydrogens is 236 g/mol. The maximum atomic E-state index is 12.2. The molecule has 1 atom stereocenters. The van der Waals surface area contributed by atoms with Crippen LogP contribution in [0.5, 0.6) is 0 Å². The van der Waals surface area contributed by atoms with Crippen molar-refractivity contribution >= 4 is 17.3 Å². The van der Waals surface area contributed by atoms with E-state index in [2.05, 4.69) is 0 Å². The molecule has 0 aliphatic heterocycles. The topological polar surface area (TPSA) is 23.5 Å². The van der Waals surface area contributed by atoms with Gasteiger partial charge in [0.15, 0.2) is 0 Å². The molecule has 0 aliphatic rings. The molecule has 0 fully saturated rings. The van der Waals surface area contributed by atoms with Gasteiger partial charge in [-0.15, -0.1) is 0 Å². The minimum absolute atomic E-state index is 0.363. The Morgan fingerprint density at radius 1 is 1.44 bits per heavy atom. The Hall–Kier alpha value is -0.870. The van der Waals surface area contributed by atoms with E-state index in [4.69, 9.17) is 11.6 Å². The standard InChI is InChI=1S/C11H14ClF2NO/c1-7(16)8-3-4-10(9(12)5-8)15(2)6-11(13)14/h3-5,7,11,16H,6H2,1-2H3/t7-/m1/s1. The molecule has 0 amide bonds. The fraction of sp³-hybridized carbons (Fsp3) is 0.455. The third kappa shape index (κ3) is 3.32. The third-order valence-electron chi connectivity index (χ3n) is 2.28. The predicted molar refractivity (Wildman–Crippen MR) is 61.4 cm³/mol. The van der Waals surface area contributed by atoms with Crippen molar-refractivity contribution in [1.82, 2.24) is 0 Å². The number of rotatable bonds is 4. The van der Waals surface area contributed by atoms with Crippen LogP contribution in [0, 0.1) is 0 Å². The number of nitrogens with zero attached hydrogens (tertiary/aromatic N) is 1. The van der Waals surface area contributed by atoms with Crippen LogP contribution in [-0.2, 0) is 0 Å². The molecule has 2 nitrogen and oxygen atoms in total. The number of aliphatic hydroxyl groups is 1. The average Bonchev–Trinajstić information content (AvgIpc) is 2.15. The molecule has 1 aromatic carbocycles. The zero-order valence-corrected chi connectivity index (χ0v) is 9.88. The first-order chi connectivity index (χ1) is 7.41. The van der Waals surface area contributed by atoms with E-state index < -0.39 is 12.5 Å². The normalized spacial score (nSPS) is 12.9. The summed E-state index contributed by atoms with van der Waals surface area (Å²) in [5, 5.41) is 9.69. The van der Waals surface area contributed by atoms with Gasteiger partial charge in [0.05, 0.1) is 23.4 Å². The average molecular weight is 250 g/mol. The van der Waals surface area contributed by atoms with Crippen LogP contribution >= 0.6 is 11.6 Å². The lowest BCUT2D eigenvalue weighted by Gasteiger charge is -2.20. The van der Waals surface area contributed by atoms with Gasteiger partial charge in [0.1, 0.15) is 0 Å². The summed E-state index contributed by atoms with van der Waals surface area (Å²) in [7, 11) is 1.55. The van der Waals surface area contributed by atoms with Crippen LogP contribution in [0.1, 0.15) is 18.6 Å². The zero-order chi connectivity index (χ0) is 12.3. The van der Waals surface area contributed by atoms with Crippen molar-refractivity contribution in [3.63, 3.8) is 0 Å². The number of hydrogen-bond acceptors (Lipinski definition) is 2. The first-order valence-electron chi connectivity index (χ1n) is 4.88. The lowest BCUT2D eigenvalue weighted by atomic mass is 10.1. The summed E-state index contributed by atoms with van der Waals surface area (Å²) >= 11 is 5.95. The molecule has 0 heterocycles. The van der Waals surface area contributed by atoms with Crippen molar-refractivity contribution in [2.45, 2.75) is 19.5 Å². The molecular formula is C11H14ClF2NO. The molecule has 0 saturated heterocycles. The van der Waals surface area contributed by atoms with Gasteiger partial charge in [0, 0.05) is 7.05 Å². The predicted octanol–water partition coefficient (Wildman–Crippen LogP) is 3.09. The minimum Gasteiger partial charge on any atom is -0.389 e. The van der Waals surface area contributed by atoms with E-state index in [1.807, 2.05) is 0 Å². The monoisotopic (exact) mass is 249 g/mol. The number of benzene rings is 1. The van der Waals surface area contributed by atoms with E-state index in [9.17, 15) is 13.9 Å². The van der Waals surface area contributed by atoms with Crippen LogP contribution in [0.3, 0.4) is 0 Å². The molecule has 1 aromatic rings. The summed E-state index contributed by atoms with van der Waals surface area (Å²) in [5.41, 5.74) is 1.20. The van der Waals surface area contributed by atoms with E-state index in [1.54, 1.807) is 32.2 Å². The van der Waals surface area contributed by atoms with Gasteiger partial charge in [0.2, 0.25) is 0 Å². The molecule has 1 rings (SSSR count). The number of aliphatic hydroxyl groups excluding tert-OH is 1. The van der Waals surface area contributed by atoms with Crippen LogP contribution in [-0.4, -0.2) is 25.1 Å². The Labute approximate surface area is 98.4 Å². The van der Waals surface area contributed by atoms with Gasteiger partial charge in [-0.05, 0) is 24.6 Å². The highest BCUT2D eigenvalue weighted by Crippen LogP contribution is 2.28. The molecule has 0 radical (unpaired) electrons. The minimum atomic E-state index is -2.41. The van der Waals surface area contributed by atoms with E-state index in [0.717, 1.165) is 0 Å². The van der Waals surface area contributed by atoms with E-state index >= 15 is 0 Å². The maximum Gasteiger partial charge on any atom is 0.255 e. The zero-order valence-electron chi connectivity index (χ0n) is 9.12. The highest BCUT2D eigenvalue weighted by Gasteiger charge is 2.12. The summed E-state index contributed by atoms with van der Waals surface area (Å²) in [6.45, 7) is 1.25. The Morgan fingerprint density at radius 2 is 2.06 bits per heavy atom. The Morgan fingerprint density at radius 3 is 2.50 bits per heavy atom. The largest absolute Gasteiger partial charge is 0.389 e. The van der Waals surface area contributed by atoms with E-state index in [1.165, 1.54) is 4.90 Å². The van der Waals surface area contributed by atoms with Gasteiger partial charge in [-0.1, -0.05) is 17.7 Å². The highest BCUT2D eigenvalue weighted by molar-refractivity contribution is 6.33. The van der Waals surface area contributed by atoms with Crippen molar-refractivity contribution < 1.29 is 13.9 Å². The van der Waals surface area contributed by atoms with E-state index in [0.29, 0.717) is 16.3 Å². The Bertz CT molecular complexity index is 358. The number of anilines is 1. The molecule has 5 heteroatoms. The van der Waals surface area contributed by atoms with Gasteiger partial charge < -0.3 is 10.0 Å². The number of alkyl halides is 2. The fourth-order valence-corrected chi connectivity index (χ4v) is 1.73. The smallest absolute Gasteiger partial charge is 0.255 e. The second kappa shape index (κ2) is 5.46. The molecule has 0 aliphatic carbocycles. The highest BCUT2D eigenvalue weighted by atomic mass is 35.5. The van der Waals surface area contributed by atoms with Gasteiger partial charge in [-0.25, -0.2) is 8.78 Å². The second-order valence-corrected chi connectivity index (χ2v) is 4.07. The van der Waals surface area contributed by atoms with E-state index in [-0.39, 0.29) is 6.54 Å². The lowest BCUT2D eigenvalue weighted by Crippen LogP contribution is -2.24. The summed E-state index contributed by atoms with van der Waals surface area (Å²) in [4.78, 5) is 1.39. The van der Waals surface area contributed by atoms with Crippen molar-refractivity contribution in [3.8, 4) is 0 Å².